The van der Waals surface area contributed by atoms with Gasteiger partial charge in [0.1, 0.15) is 35.6 Å². The molecule has 0 spiro atoms. The third kappa shape index (κ3) is 8.78. The number of esters is 1. The quantitative estimate of drug-likeness (QED) is 0.149. The summed E-state index contributed by atoms with van der Waals surface area (Å²) in [5, 5.41) is 2.13. The number of alkyl halides is 4. The maximum absolute atomic E-state index is 15.2. The van der Waals surface area contributed by atoms with E-state index in [1.165, 1.54) is 25.3 Å². The SMILES string of the molecule is CCCOC(=O)[C@H](CC(C)(C)F)NC(c1ccc(-c2cc(C=O)ccc2OCOC)c(F)c1)C(F)(F)F. The van der Waals surface area contributed by atoms with Crippen LogP contribution < -0.4 is 10.1 Å². The van der Waals surface area contributed by atoms with Crippen LogP contribution >= 0.6 is 0 Å². The first kappa shape index (κ1) is 30.2. The monoisotopic (exact) mass is 531 g/mol. The number of rotatable bonds is 13. The molecule has 2 atom stereocenters. The number of carbonyl (C=O) groups excluding carboxylic acids is 2. The minimum absolute atomic E-state index is 0.0446. The molecule has 2 aromatic rings. The van der Waals surface area contributed by atoms with Crippen LogP contribution in [-0.2, 0) is 14.3 Å². The van der Waals surface area contributed by atoms with Gasteiger partial charge in [-0.25, -0.2) is 8.78 Å². The van der Waals surface area contributed by atoms with Crippen molar-refractivity contribution < 1.29 is 45.8 Å². The predicted octanol–water partition coefficient (Wildman–Crippen LogP) is 5.94. The van der Waals surface area contributed by atoms with Crippen LogP contribution in [0, 0.1) is 5.82 Å². The van der Waals surface area contributed by atoms with Gasteiger partial charge in [0.2, 0.25) is 0 Å². The molecular formula is C26H30F5NO5. The van der Waals surface area contributed by atoms with Gasteiger partial charge in [0.05, 0.1) is 6.61 Å². The molecule has 204 valence electrons. The lowest BCUT2D eigenvalue weighted by atomic mass is 9.96. The maximum Gasteiger partial charge on any atom is 0.407 e. The molecule has 2 rings (SSSR count). The number of halogens is 5. The zero-order valence-electron chi connectivity index (χ0n) is 21.0. The normalized spacial score (nSPS) is 13.6. The van der Waals surface area contributed by atoms with E-state index in [9.17, 15) is 27.2 Å². The van der Waals surface area contributed by atoms with Crippen molar-refractivity contribution in [1.82, 2.24) is 5.32 Å². The largest absolute Gasteiger partial charge is 0.467 e. The molecule has 11 heteroatoms. The van der Waals surface area contributed by atoms with Crippen molar-refractivity contribution in [3.05, 3.63) is 53.3 Å². The highest BCUT2D eigenvalue weighted by molar-refractivity contribution is 5.82. The fourth-order valence-corrected chi connectivity index (χ4v) is 3.59. The van der Waals surface area contributed by atoms with Gasteiger partial charge in [-0.05, 0) is 50.1 Å². The summed E-state index contributed by atoms with van der Waals surface area (Å²) in [6.45, 7) is 3.73. The zero-order chi connectivity index (χ0) is 27.8. The van der Waals surface area contributed by atoms with E-state index in [1.54, 1.807) is 6.92 Å². The Balaban J connectivity index is 2.49. The van der Waals surface area contributed by atoms with E-state index < -0.39 is 47.7 Å². The molecule has 0 saturated carbocycles. The Kier molecular flexibility index (Phi) is 10.6. The van der Waals surface area contributed by atoms with Crippen molar-refractivity contribution in [2.24, 2.45) is 0 Å². The Hall–Kier alpha value is -3.05. The summed E-state index contributed by atoms with van der Waals surface area (Å²) >= 11 is 0. The van der Waals surface area contributed by atoms with Crippen LogP contribution in [0.15, 0.2) is 36.4 Å². The molecule has 37 heavy (non-hydrogen) atoms. The number of methoxy groups -OCH3 is 1. The Labute approximate surface area is 212 Å². The standard InChI is InChI=1S/C26H30F5NO5/c1-5-10-36-24(34)21(13-25(2,3)28)32-23(26(29,30)31)17-7-8-18(20(27)12-17)19-11-16(14-33)6-9-22(19)37-15-35-4/h6-9,11-12,14,21,23,32H,5,10,13,15H2,1-4H3/t21-,23?/m0/s1. The van der Waals surface area contributed by atoms with Gasteiger partial charge in [-0.1, -0.05) is 19.1 Å². The number of hydrogen-bond donors (Lipinski definition) is 1. The molecule has 2 aromatic carbocycles. The van der Waals surface area contributed by atoms with Gasteiger partial charge < -0.3 is 14.2 Å². The van der Waals surface area contributed by atoms with E-state index in [4.69, 9.17) is 14.2 Å². The highest BCUT2D eigenvalue weighted by Crippen LogP contribution is 2.38. The summed E-state index contributed by atoms with van der Waals surface area (Å²) in [7, 11) is 1.37. The lowest BCUT2D eigenvalue weighted by Crippen LogP contribution is -2.47. The van der Waals surface area contributed by atoms with Gasteiger partial charge >= 0.3 is 12.1 Å². The topological polar surface area (TPSA) is 73.9 Å². The van der Waals surface area contributed by atoms with E-state index in [1.807, 2.05) is 0 Å². The molecule has 0 fully saturated rings. The van der Waals surface area contributed by atoms with Crippen molar-refractivity contribution >= 4 is 12.3 Å². The van der Waals surface area contributed by atoms with Gasteiger partial charge in [-0.15, -0.1) is 0 Å². The first-order valence-corrected chi connectivity index (χ1v) is 11.5. The summed E-state index contributed by atoms with van der Waals surface area (Å²) in [4.78, 5) is 23.6. The number of benzene rings is 2. The van der Waals surface area contributed by atoms with Crippen molar-refractivity contribution in [3.63, 3.8) is 0 Å². The van der Waals surface area contributed by atoms with Gasteiger partial charge in [0, 0.05) is 30.2 Å². The summed E-state index contributed by atoms with van der Waals surface area (Å²) in [5.74, 6) is -1.92. The molecule has 1 N–H and O–H groups in total. The second-order valence-corrected chi connectivity index (χ2v) is 8.95. The van der Waals surface area contributed by atoms with Gasteiger partial charge in [0.25, 0.3) is 0 Å². The average molecular weight is 532 g/mol. The Bertz CT molecular complexity index is 1070. The van der Waals surface area contributed by atoms with E-state index in [2.05, 4.69) is 5.32 Å². The molecule has 0 heterocycles. The Morgan fingerprint density at radius 3 is 2.32 bits per heavy atom. The van der Waals surface area contributed by atoms with E-state index in [0.29, 0.717) is 18.8 Å². The lowest BCUT2D eigenvalue weighted by molar-refractivity contribution is -0.166. The molecule has 0 saturated heterocycles. The smallest absolute Gasteiger partial charge is 0.407 e. The molecule has 0 aromatic heterocycles. The minimum atomic E-state index is -4.96. The first-order valence-electron chi connectivity index (χ1n) is 11.5. The molecule has 0 bridgehead atoms. The molecule has 0 aliphatic rings. The lowest BCUT2D eigenvalue weighted by Gasteiger charge is -2.29. The number of nitrogens with one attached hydrogen (secondary N) is 1. The highest BCUT2D eigenvalue weighted by Gasteiger charge is 2.44. The van der Waals surface area contributed by atoms with Crippen molar-refractivity contribution in [1.29, 1.82) is 0 Å². The fraction of sp³-hybridized carbons (Fsp3) is 0.462. The van der Waals surface area contributed by atoms with Crippen molar-refractivity contribution in [2.45, 2.75) is 57.5 Å². The zero-order valence-corrected chi connectivity index (χ0v) is 21.0. The maximum atomic E-state index is 15.2. The third-order valence-corrected chi connectivity index (χ3v) is 5.21. The van der Waals surface area contributed by atoms with E-state index in [0.717, 1.165) is 26.0 Å². The highest BCUT2D eigenvalue weighted by atomic mass is 19.4. The number of aldehydes is 1. The average Bonchev–Trinajstić information content (AvgIpc) is 2.82. The predicted molar refractivity (Wildman–Crippen MR) is 127 cm³/mol. The molecule has 0 aliphatic heterocycles. The van der Waals surface area contributed by atoms with E-state index >= 15 is 4.39 Å². The summed E-state index contributed by atoms with van der Waals surface area (Å²) in [5.41, 5.74) is -2.33. The molecule has 1 unspecified atom stereocenters. The fourth-order valence-electron chi connectivity index (χ4n) is 3.59. The minimum Gasteiger partial charge on any atom is -0.467 e. The van der Waals surface area contributed by atoms with Crippen LogP contribution in [-0.4, -0.2) is 50.7 Å². The van der Waals surface area contributed by atoms with Crippen LogP contribution in [0.25, 0.3) is 11.1 Å². The number of ether oxygens (including phenoxy) is 3. The van der Waals surface area contributed by atoms with Crippen LogP contribution in [0.1, 0.15) is 55.6 Å². The molecule has 0 amide bonds. The number of hydrogen-bond acceptors (Lipinski definition) is 6. The summed E-state index contributed by atoms with van der Waals surface area (Å²) in [6, 6.07) is 2.85. The van der Waals surface area contributed by atoms with E-state index in [-0.39, 0.29) is 35.8 Å². The van der Waals surface area contributed by atoms with Crippen molar-refractivity contribution in [2.75, 3.05) is 20.5 Å². The number of carbonyl (C=O) groups is 2. The third-order valence-electron chi connectivity index (χ3n) is 5.21. The van der Waals surface area contributed by atoms with Gasteiger partial charge in [-0.2, -0.15) is 13.2 Å². The second-order valence-electron chi connectivity index (χ2n) is 8.95. The first-order chi connectivity index (χ1) is 17.3. The summed E-state index contributed by atoms with van der Waals surface area (Å²) in [6.07, 6.45) is -4.60. The molecule has 6 nitrogen and oxygen atoms in total. The van der Waals surface area contributed by atoms with Gasteiger partial charge in [0.15, 0.2) is 6.79 Å². The van der Waals surface area contributed by atoms with Gasteiger partial charge in [-0.3, -0.25) is 14.9 Å². The van der Waals surface area contributed by atoms with Crippen molar-refractivity contribution in [3.8, 4) is 16.9 Å². The summed E-state index contributed by atoms with van der Waals surface area (Å²) < 4.78 is 87.0. The van der Waals surface area contributed by atoms with Crippen LogP contribution in [0.4, 0.5) is 22.0 Å². The Morgan fingerprint density at radius 1 is 1.08 bits per heavy atom. The van der Waals surface area contributed by atoms with Crippen LogP contribution in [0.5, 0.6) is 5.75 Å². The molecule has 0 radical (unpaired) electrons. The molecular weight excluding hydrogens is 501 g/mol. The second kappa shape index (κ2) is 13.0. The van der Waals surface area contributed by atoms with Crippen LogP contribution in [0.2, 0.25) is 0 Å². The Morgan fingerprint density at radius 2 is 1.78 bits per heavy atom. The van der Waals surface area contributed by atoms with Crippen LogP contribution in [0.3, 0.4) is 0 Å². The molecule has 0 aliphatic carbocycles.